The Labute approximate surface area is 170 Å². The minimum atomic E-state index is -0.677. The van der Waals surface area contributed by atoms with E-state index in [0.717, 1.165) is 5.56 Å². The van der Waals surface area contributed by atoms with E-state index in [-0.39, 0.29) is 36.1 Å². The molecule has 29 heavy (non-hydrogen) atoms. The molecule has 5 nitrogen and oxygen atoms in total. The van der Waals surface area contributed by atoms with Crippen LogP contribution >= 0.6 is 0 Å². The van der Waals surface area contributed by atoms with Gasteiger partial charge in [-0.3, -0.25) is 9.59 Å². The summed E-state index contributed by atoms with van der Waals surface area (Å²) in [6, 6.07) is 11.8. The van der Waals surface area contributed by atoms with E-state index >= 15 is 0 Å². The average molecular weight is 398 g/mol. The van der Waals surface area contributed by atoms with Gasteiger partial charge in [-0.15, -0.1) is 0 Å². The van der Waals surface area contributed by atoms with Crippen molar-refractivity contribution in [3.63, 3.8) is 0 Å². The Hall–Kier alpha value is -2.89. The molecule has 0 spiro atoms. The Morgan fingerprint density at radius 1 is 1.24 bits per heavy atom. The van der Waals surface area contributed by atoms with Crippen LogP contribution in [0.4, 0.5) is 10.1 Å². The molecule has 154 valence electrons. The number of ether oxygens (including phenoxy) is 1. The lowest BCUT2D eigenvalue weighted by molar-refractivity contribution is -0.138. The number of benzene rings is 2. The molecule has 2 aromatic rings. The van der Waals surface area contributed by atoms with Crippen molar-refractivity contribution in [1.29, 1.82) is 0 Å². The lowest BCUT2D eigenvalue weighted by atomic mass is 9.92. The molecule has 0 saturated carbocycles. The number of anilines is 1. The zero-order valence-electron chi connectivity index (χ0n) is 17.3. The minimum absolute atomic E-state index is 0.0698. The van der Waals surface area contributed by atoms with Crippen molar-refractivity contribution in [2.45, 2.75) is 53.3 Å². The molecule has 2 aromatic carbocycles. The van der Waals surface area contributed by atoms with Gasteiger partial charge in [-0.1, -0.05) is 39.0 Å². The van der Waals surface area contributed by atoms with Crippen molar-refractivity contribution in [2.75, 3.05) is 5.32 Å². The summed E-state index contributed by atoms with van der Waals surface area (Å²) in [5.41, 5.74) is 1.75. The van der Waals surface area contributed by atoms with Crippen LogP contribution in [0.3, 0.4) is 0 Å². The molecule has 0 bridgehead atoms. The highest BCUT2D eigenvalue weighted by atomic mass is 19.1. The third-order valence-corrected chi connectivity index (χ3v) is 4.68. The summed E-state index contributed by atoms with van der Waals surface area (Å²) in [5.74, 6) is -0.0281. The predicted octanol–water partition coefficient (Wildman–Crippen LogP) is 4.51. The Bertz CT molecular complexity index is 921. The average Bonchev–Trinajstić information content (AvgIpc) is 2.73. The first-order valence-electron chi connectivity index (χ1n) is 9.74. The molecule has 0 fully saturated rings. The van der Waals surface area contributed by atoms with E-state index in [2.05, 4.69) is 5.32 Å². The van der Waals surface area contributed by atoms with Crippen molar-refractivity contribution < 1.29 is 18.7 Å². The van der Waals surface area contributed by atoms with Crippen molar-refractivity contribution in [2.24, 2.45) is 5.41 Å². The second-order valence-electron chi connectivity index (χ2n) is 8.65. The lowest BCUT2D eigenvalue weighted by Crippen LogP contribution is -2.37. The first kappa shape index (κ1) is 20.8. The van der Waals surface area contributed by atoms with E-state index in [9.17, 15) is 14.0 Å². The normalized spacial score (nSPS) is 16.7. The Morgan fingerprint density at radius 3 is 2.66 bits per heavy atom. The van der Waals surface area contributed by atoms with Crippen molar-refractivity contribution in [1.82, 2.24) is 4.90 Å². The Morgan fingerprint density at radius 2 is 1.97 bits per heavy atom. The van der Waals surface area contributed by atoms with Crippen LogP contribution in [0.25, 0.3) is 0 Å². The van der Waals surface area contributed by atoms with Crippen molar-refractivity contribution in [3.8, 4) is 5.75 Å². The standard InChI is InChI=1S/C23H27FN2O3/c1-15-22(28)26(13-16-7-5-6-8-19(16)24)14-17-11-18(9-10-20(17)29-15)25-21(27)12-23(2,3)4/h5-11,15H,12-14H2,1-4H3,(H,25,27). The number of fused-ring (bicyclic) bond motifs is 1. The second-order valence-corrected chi connectivity index (χ2v) is 8.65. The zero-order chi connectivity index (χ0) is 21.2. The first-order chi connectivity index (χ1) is 13.6. The smallest absolute Gasteiger partial charge is 0.263 e. The van der Waals surface area contributed by atoms with Crippen LogP contribution < -0.4 is 10.1 Å². The van der Waals surface area contributed by atoms with E-state index in [1.54, 1.807) is 42.2 Å². The maximum absolute atomic E-state index is 14.1. The number of halogens is 1. The van der Waals surface area contributed by atoms with Gasteiger partial charge in [0.05, 0.1) is 0 Å². The summed E-state index contributed by atoms with van der Waals surface area (Å²) >= 11 is 0. The SMILES string of the molecule is CC1Oc2ccc(NC(=O)CC(C)(C)C)cc2CN(Cc2ccccc2F)C1=O. The number of hydrogen-bond acceptors (Lipinski definition) is 3. The maximum atomic E-state index is 14.1. The van der Waals surface area contributed by atoms with Gasteiger partial charge < -0.3 is 15.0 Å². The zero-order valence-corrected chi connectivity index (χ0v) is 17.3. The number of rotatable bonds is 4. The molecule has 1 unspecified atom stereocenters. The maximum Gasteiger partial charge on any atom is 0.263 e. The molecule has 0 saturated heterocycles. The number of nitrogens with zero attached hydrogens (tertiary/aromatic N) is 1. The van der Waals surface area contributed by atoms with Gasteiger partial charge in [-0.25, -0.2) is 4.39 Å². The molecule has 0 aromatic heterocycles. The molecule has 1 heterocycles. The van der Waals surface area contributed by atoms with E-state index in [4.69, 9.17) is 4.74 Å². The van der Waals surface area contributed by atoms with E-state index < -0.39 is 6.10 Å². The lowest BCUT2D eigenvalue weighted by Gasteiger charge is -2.22. The number of carbonyl (C=O) groups is 2. The van der Waals surface area contributed by atoms with Gasteiger partial charge in [-0.05, 0) is 36.6 Å². The molecule has 1 aliphatic heterocycles. The highest BCUT2D eigenvalue weighted by molar-refractivity contribution is 5.91. The number of carbonyl (C=O) groups excluding carboxylic acids is 2. The topological polar surface area (TPSA) is 58.6 Å². The highest BCUT2D eigenvalue weighted by Crippen LogP contribution is 2.30. The van der Waals surface area contributed by atoms with Crippen molar-refractivity contribution >= 4 is 17.5 Å². The van der Waals surface area contributed by atoms with E-state index in [1.165, 1.54) is 6.07 Å². The fraction of sp³-hybridized carbons (Fsp3) is 0.391. The molecule has 2 amide bonds. The molecule has 0 radical (unpaired) electrons. The molecule has 1 aliphatic rings. The van der Waals surface area contributed by atoms with Crippen LogP contribution in [0.2, 0.25) is 0 Å². The van der Waals surface area contributed by atoms with Crippen LogP contribution in [-0.2, 0) is 22.7 Å². The Kier molecular flexibility index (Phi) is 5.91. The molecular formula is C23H27FN2O3. The van der Waals surface area contributed by atoms with Gasteiger partial charge in [0.1, 0.15) is 11.6 Å². The van der Waals surface area contributed by atoms with Gasteiger partial charge in [0.25, 0.3) is 5.91 Å². The summed E-state index contributed by atoms with van der Waals surface area (Å²) in [7, 11) is 0. The molecule has 1 atom stereocenters. The molecule has 3 rings (SSSR count). The van der Waals surface area contributed by atoms with Crippen LogP contribution in [0.1, 0.15) is 45.2 Å². The Balaban J connectivity index is 1.83. The van der Waals surface area contributed by atoms with Crippen LogP contribution in [-0.4, -0.2) is 22.8 Å². The van der Waals surface area contributed by atoms with E-state index in [0.29, 0.717) is 23.4 Å². The van der Waals surface area contributed by atoms with Crippen LogP contribution in [0.15, 0.2) is 42.5 Å². The summed E-state index contributed by atoms with van der Waals surface area (Å²) in [4.78, 5) is 26.6. The first-order valence-corrected chi connectivity index (χ1v) is 9.74. The minimum Gasteiger partial charge on any atom is -0.481 e. The molecule has 6 heteroatoms. The third-order valence-electron chi connectivity index (χ3n) is 4.68. The van der Waals surface area contributed by atoms with Crippen LogP contribution in [0, 0.1) is 11.2 Å². The van der Waals surface area contributed by atoms with Crippen molar-refractivity contribution in [3.05, 3.63) is 59.4 Å². The number of amides is 2. The predicted molar refractivity (Wildman–Crippen MR) is 110 cm³/mol. The summed E-state index contributed by atoms with van der Waals surface area (Å²) < 4.78 is 19.9. The van der Waals surface area contributed by atoms with Gasteiger partial charge in [0.2, 0.25) is 5.91 Å². The largest absolute Gasteiger partial charge is 0.481 e. The monoisotopic (exact) mass is 398 g/mol. The van der Waals surface area contributed by atoms with Gasteiger partial charge >= 0.3 is 0 Å². The quantitative estimate of drug-likeness (QED) is 0.824. The fourth-order valence-corrected chi connectivity index (χ4v) is 3.33. The molecule has 1 N–H and O–H groups in total. The van der Waals surface area contributed by atoms with Gasteiger partial charge in [-0.2, -0.15) is 0 Å². The molecule has 0 aliphatic carbocycles. The second kappa shape index (κ2) is 8.23. The number of hydrogen-bond donors (Lipinski definition) is 1. The highest BCUT2D eigenvalue weighted by Gasteiger charge is 2.28. The molecular weight excluding hydrogens is 371 g/mol. The summed E-state index contributed by atoms with van der Waals surface area (Å²) in [6.45, 7) is 8.13. The fourth-order valence-electron chi connectivity index (χ4n) is 3.33. The van der Waals surface area contributed by atoms with Crippen LogP contribution in [0.5, 0.6) is 5.75 Å². The summed E-state index contributed by atoms with van der Waals surface area (Å²) in [5, 5.41) is 2.91. The summed E-state index contributed by atoms with van der Waals surface area (Å²) in [6.07, 6.45) is -0.278. The van der Waals surface area contributed by atoms with Gasteiger partial charge in [0, 0.05) is 36.3 Å². The van der Waals surface area contributed by atoms with Gasteiger partial charge in [0.15, 0.2) is 6.10 Å². The van der Waals surface area contributed by atoms with E-state index in [1.807, 2.05) is 26.8 Å². The third kappa shape index (κ3) is 5.34. The number of nitrogens with one attached hydrogen (secondary N) is 1.